The zero-order valence-corrected chi connectivity index (χ0v) is 16.7. The quantitative estimate of drug-likeness (QED) is 0.600. The highest BCUT2D eigenvalue weighted by atomic mass is 16.6. The Kier molecular flexibility index (Phi) is 5.30. The number of para-hydroxylation sites is 2. The number of esters is 1. The number of carbonyl (C=O) groups excluding carboxylic acids is 1. The maximum atomic E-state index is 12.4. The molecule has 0 saturated heterocycles. The van der Waals surface area contributed by atoms with Crippen LogP contribution in [0.4, 0.5) is 0 Å². The van der Waals surface area contributed by atoms with Crippen LogP contribution in [0.15, 0.2) is 33.9 Å². The highest BCUT2D eigenvalue weighted by Gasteiger charge is 2.29. The van der Waals surface area contributed by atoms with E-state index in [0.717, 1.165) is 12.8 Å². The van der Waals surface area contributed by atoms with Gasteiger partial charge in [0.25, 0.3) is 5.56 Å². The summed E-state index contributed by atoms with van der Waals surface area (Å²) in [5.74, 6) is 0.784. The number of hydrogen-bond acceptors (Lipinski definition) is 7. The molecule has 3 aromatic rings. The number of nitrogens with zero attached hydrogens (tertiary/aromatic N) is 3. The highest BCUT2D eigenvalue weighted by Crippen LogP contribution is 2.31. The van der Waals surface area contributed by atoms with E-state index in [1.54, 1.807) is 25.2 Å². The number of ether oxygens (including phenoxy) is 3. The molecule has 3 heterocycles. The fourth-order valence-electron chi connectivity index (χ4n) is 3.31. The van der Waals surface area contributed by atoms with Gasteiger partial charge in [0.05, 0.1) is 0 Å². The molecule has 0 spiro atoms. The van der Waals surface area contributed by atoms with E-state index in [-0.39, 0.29) is 24.4 Å². The number of aromatic nitrogens is 4. The first-order chi connectivity index (χ1) is 14.5. The Labute approximate surface area is 171 Å². The molecule has 10 nitrogen and oxygen atoms in total. The van der Waals surface area contributed by atoms with E-state index >= 15 is 0 Å². The highest BCUT2D eigenvalue weighted by molar-refractivity contribution is 5.76. The van der Waals surface area contributed by atoms with Crippen LogP contribution in [0.3, 0.4) is 0 Å². The molecule has 0 saturated carbocycles. The third-order valence-electron chi connectivity index (χ3n) is 4.96. The fraction of sp³-hybridized carbons (Fsp3) is 0.400. The van der Waals surface area contributed by atoms with Gasteiger partial charge in [-0.15, -0.1) is 0 Å². The Bertz CT molecular complexity index is 1210. The van der Waals surface area contributed by atoms with Crippen molar-refractivity contribution in [2.24, 2.45) is 7.05 Å². The van der Waals surface area contributed by atoms with Crippen molar-refractivity contribution in [2.45, 2.75) is 39.0 Å². The van der Waals surface area contributed by atoms with Gasteiger partial charge in [-0.2, -0.15) is 0 Å². The minimum absolute atomic E-state index is 0.0363. The van der Waals surface area contributed by atoms with E-state index in [1.807, 2.05) is 13.0 Å². The zero-order chi connectivity index (χ0) is 21.3. The largest absolute Gasteiger partial charge is 0.485 e. The summed E-state index contributed by atoms with van der Waals surface area (Å²) in [5, 5.41) is 0. The average Bonchev–Trinajstić information content (AvgIpc) is 3.08. The van der Waals surface area contributed by atoms with Gasteiger partial charge in [-0.05, 0) is 18.6 Å². The number of aromatic amines is 1. The SMILES string of the molecule is CCCCn1c(=O)[nH]c(=O)c2c1nc(COC(=O)C1COc3ccccc3O1)n2C. The predicted octanol–water partition coefficient (Wildman–Crippen LogP) is 1.11. The molecular formula is C20H22N4O6. The van der Waals surface area contributed by atoms with Gasteiger partial charge < -0.3 is 18.8 Å². The van der Waals surface area contributed by atoms with E-state index in [2.05, 4.69) is 9.97 Å². The number of aryl methyl sites for hydroxylation is 2. The Morgan fingerprint density at radius 1 is 1.30 bits per heavy atom. The summed E-state index contributed by atoms with van der Waals surface area (Å²) < 4.78 is 19.5. The molecule has 0 aliphatic carbocycles. The van der Waals surface area contributed by atoms with Crippen LogP contribution < -0.4 is 20.7 Å². The van der Waals surface area contributed by atoms with Gasteiger partial charge in [-0.1, -0.05) is 25.5 Å². The molecule has 1 aromatic carbocycles. The van der Waals surface area contributed by atoms with E-state index in [0.29, 0.717) is 23.9 Å². The van der Waals surface area contributed by atoms with Gasteiger partial charge in [-0.25, -0.2) is 14.6 Å². The molecule has 158 valence electrons. The van der Waals surface area contributed by atoms with Crippen LogP contribution in [0.2, 0.25) is 0 Å². The lowest BCUT2D eigenvalue weighted by molar-refractivity contribution is -0.156. The molecule has 0 fully saturated rings. The molecule has 2 aromatic heterocycles. The fourth-order valence-corrected chi connectivity index (χ4v) is 3.31. The summed E-state index contributed by atoms with van der Waals surface area (Å²) in [6.45, 7) is 2.31. The monoisotopic (exact) mass is 414 g/mol. The molecule has 0 radical (unpaired) electrons. The van der Waals surface area contributed by atoms with Crippen molar-refractivity contribution < 1.29 is 19.0 Å². The molecule has 10 heteroatoms. The van der Waals surface area contributed by atoms with Gasteiger partial charge in [0.1, 0.15) is 19.0 Å². The number of rotatable bonds is 6. The predicted molar refractivity (Wildman–Crippen MR) is 107 cm³/mol. The lowest BCUT2D eigenvalue weighted by Crippen LogP contribution is -2.37. The Morgan fingerprint density at radius 2 is 2.07 bits per heavy atom. The number of benzene rings is 1. The van der Waals surface area contributed by atoms with Crippen molar-refractivity contribution in [3.63, 3.8) is 0 Å². The van der Waals surface area contributed by atoms with Crippen molar-refractivity contribution in [3.05, 3.63) is 50.9 Å². The molecule has 1 unspecified atom stereocenters. The first-order valence-corrected chi connectivity index (χ1v) is 9.73. The van der Waals surface area contributed by atoms with Gasteiger partial charge in [-0.3, -0.25) is 14.3 Å². The summed E-state index contributed by atoms with van der Waals surface area (Å²) in [6, 6.07) is 7.06. The number of imidazole rings is 1. The van der Waals surface area contributed by atoms with Crippen LogP contribution >= 0.6 is 0 Å². The number of carbonyl (C=O) groups is 1. The third kappa shape index (κ3) is 3.56. The number of unbranched alkanes of at least 4 members (excludes halogenated alkanes) is 1. The molecule has 1 aliphatic rings. The van der Waals surface area contributed by atoms with E-state index in [9.17, 15) is 14.4 Å². The topological polar surface area (TPSA) is 117 Å². The van der Waals surface area contributed by atoms with Crippen LogP contribution in [0.25, 0.3) is 11.2 Å². The lowest BCUT2D eigenvalue weighted by Gasteiger charge is -2.24. The Morgan fingerprint density at radius 3 is 2.83 bits per heavy atom. The molecule has 4 rings (SSSR count). The van der Waals surface area contributed by atoms with Crippen LogP contribution in [0.5, 0.6) is 11.5 Å². The first-order valence-electron chi connectivity index (χ1n) is 9.73. The summed E-state index contributed by atoms with van der Waals surface area (Å²) in [4.78, 5) is 43.6. The molecule has 1 atom stereocenters. The zero-order valence-electron chi connectivity index (χ0n) is 16.7. The molecule has 0 amide bonds. The molecule has 1 N–H and O–H groups in total. The number of H-pyrrole nitrogens is 1. The van der Waals surface area contributed by atoms with E-state index in [1.165, 1.54) is 9.13 Å². The van der Waals surface area contributed by atoms with Crippen LogP contribution in [-0.2, 0) is 29.7 Å². The lowest BCUT2D eigenvalue weighted by atomic mass is 10.2. The second kappa shape index (κ2) is 8.05. The average molecular weight is 414 g/mol. The molecule has 1 aliphatic heterocycles. The second-order valence-corrected chi connectivity index (χ2v) is 7.00. The summed E-state index contributed by atoms with van der Waals surface area (Å²) in [7, 11) is 1.64. The van der Waals surface area contributed by atoms with E-state index in [4.69, 9.17) is 14.2 Å². The van der Waals surface area contributed by atoms with Crippen molar-refractivity contribution >= 4 is 17.1 Å². The summed E-state index contributed by atoms with van der Waals surface area (Å²) in [6.07, 6.45) is 0.750. The van der Waals surface area contributed by atoms with Crippen molar-refractivity contribution in [1.82, 2.24) is 19.1 Å². The smallest absolute Gasteiger partial charge is 0.351 e. The third-order valence-corrected chi connectivity index (χ3v) is 4.96. The minimum Gasteiger partial charge on any atom is -0.485 e. The van der Waals surface area contributed by atoms with Crippen molar-refractivity contribution in [2.75, 3.05) is 6.61 Å². The van der Waals surface area contributed by atoms with Gasteiger partial charge >= 0.3 is 11.7 Å². The van der Waals surface area contributed by atoms with Crippen molar-refractivity contribution in [3.8, 4) is 11.5 Å². The number of fused-ring (bicyclic) bond motifs is 2. The summed E-state index contributed by atoms with van der Waals surface area (Å²) >= 11 is 0. The van der Waals surface area contributed by atoms with Gasteiger partial charge in [0.2, 0.25) is 6.10 Å². The molecular weight excluding hydrogens is 392 g/mol. The van der Waals surface area contributed by atoms with Crippen LogP contribution in [-0.4, -0.2) is 37.8 Å². The number of hydrogen-bond donors (Lipinski definition) is 1. The van der Waals surface area contributed by atoms with E-state index < -0.39 is 23.3 Å². The molecule has 30 heavy (non-hydrogen) atoms. The first kappa shape index (κ1) is 19.7. The summed E-state index contributed by atoms with van der Waals surface area (Å²) in [5.41, 5.74) is -0.509. The maximum absolute atomic E-state index is 12.4. The van der Waals surface area contributed by atoms with Crippen LogP contribution in [0, 0.1) is 0 Å². The normalized spacial score (nSPS) is 15.3. The van der Waals surface area contributed by atoms with Gasteiger partial charge in [0.15, 0.2) is 22.7 Å². The Balaban J connectivity index is 1.54. The number of nitrogens with one attached hydrogen (secondary N) is 1. The maximum Gasteiger partial charge on any atom is 0.351 e. The van der Waals surface area contributed by atoms with Gasteiger partial charge in [0, 0.05) is 13.6 Å². The second-order valence-electron chi connectivity index (χ2n) is 7.00. The standard InChI is InChI=1S/C20H22N4O6/c1-3-4-9-24-17-16(18(25)22-20(24)27)23(2)15(21-17)11-29-19(26)14-10-28-12-7-5-6-8-13(12)30-14/h5-8,14H,3-4,9-11H2,1-2H3,(H,22,25,27). The molecule has 0 bridgehead atoms. The minimum atomic E-state index is -0.902. The van der Waals surface area contributed by atoms with Crippen LogP contribution in [0.1, 0.15) is 25.6 Å². The van der Waals surface area contributed by atoms with Crippen molar-refractivity contribution in [1.29, 1.82) is 0 Å². The Hall–Kier alpha value is -3.56.